The summed E-state index contributed by atoms with van der Waals surface area (Å²) in [6.45, 7) is 0. The molecule has 3 rings (SSSR count). The van der Waals surface area contributed by atoms with Gasteiger partial charge in [0, 0.05) is 5.69 Å². The number of nitrogens with zero attached hydrogens (tertiary/aromatic N) is 1. The number of anilines is 1. The molecule has 0 saturated heterocycles. The van der Waals surface area contributed by atoms with E-state index in [0.29, 0.717) is 0 Å². The molecule has 0 bridgehead atoms. The molecule has 1 aromatic carbocycles. The monoisotopic (exact) mass is 274 g/mol. The van der Waals surface area contributed by atoms with Gasteiger partial charge in [-0.15, -0.1) is 4.99 Å². The van der Waals surface area contributed by atoms with Crippen LogP contribution in [0, 0.1) is 0 Å². The number of carbonyl (C=O) groups is 3. The van der Waals surface area contributed by atoms with Crippen LogP contribution in [0.3, 0.4) is 0 Å². The maximum atomic E-state index is 12.3. The van der Waals surface area contributed by atoms with Crippen molar-refractivity contribution in [1.29, 1.82) is 0 Å². The molecular weight excluding hydrogens is 262 g/mol. The zero-order valence-electron chi connectivity index (χ0n) is 10.4. The number of amides is 3. The lowest BCUT2D eigenvalue weighted by Crippen LogP contribution is -2.82. The standard InChI is InChI=1S/C13H11N3O4/c14-7-3-1-2-6-10(7)13(20)16(12(6)19)8-4-5-9(17)15-11(8)18/h1-3,8H,4-5,14H2,(H,15,17,18)/p+1. The SMILES string of the molecule is Nc1cccc2c1C(=O)N(C1CCC(=O)[NH+]=C1O)C2=O. The first-order valence-corrected chi connectivity index (χ1v) is 6.12. The van der Waals surface area contributed by atoms with E-state index in [1.54, 1.807) is 12.1 Å². The smallest absolute Gasteiger partial charge is 0.388 e. The Morgan fingerprint density at radius 2 is 2.00 bits per heavy atom. The van der Waals surface area contributed by atoms with E-state index < -0.39 is 17.9 Å². The second-order valence-electron chi connectivity index (χ2n) is 4.74. The third-order valence-electron chi connectivity index (χ3n) is 3.52. The average Bonchev–Trinajstić information content (AvgIpc) is 2.64. The molecule has 4 N–H and O–H groups in total. The van der Waals surface area contributed by atoms with Crippen molar-refractivity contribution in [3.8, 4) is 0 Å². The highest BCUT2D eigenvalue weighted by molar-refractivity contribution is 6.24. The summed E-state index contributed by atoms with van der Waals surface area (Å²) in [5, 5.41) is 9.79. The van der Waals surface area contributed by atoms with Crippen LogP contribution >= 0.6 is 0 Å². The molecule has 1 aromatic rings. The fourth-order valence-corrected chi connectivity index (χ4v) is 2.56. The fourth-order valence-electron chi connectivity index (χ4n) is 2.56. The summed E-state index contributed by atoms with van der Waals surface area (Å²) in [4.78, 5) is 39.0. The van der Waals surface area contributed by atoms with Crippen molar-refractivity contribution in [3.63, 3.8) is 0 Å². The first-order chi connectivity index (χ1) is 9.50. The summed E-state index contributed by atoms with van der Waals surface area (Å²) in [6, 6.07) is 3.80. The predicted octanol–water partition coefficient (Wildman–Crippen LogP) is -1.41. The highest BCUT2D eigenvalue weighted by atomic mass is 16.3. The van der Waals surface area contributed by atoms with Gasteiger partial charge in [0.15, 0.2) is 6.04 Å². The Balaban J connectivity index is 2.05. The Morgan fingerprint density at radius 3 is 2.65 bits per heavy atom. The van der Waals surface area contributed by atoms with Gasteiger partial charge in [0.2, 0.25) is 0 Å². The number of nitrogens with one attached hydrogen (secondary N) is 1. The van der Waals surface area contributed by atoms with Gasteiger partial charge < -0.3 is 10.8 Å². The number of imide groups is 1. The van der Waals surface area contributed by atoms with Crippen molar-refractivity contribution < 1.29 is 24.5 Å². The minimum Gasteiger partial charge on any atom is -0.462 e. The summed E-state index contributed by atoms with van der Waals surface area (Å²) < 4.78 is 0. The molecule has 0 radical (unpaired) electrons. The number of nitrogen functional groups attached to an aromatic ring is 1. The fraction of sp³-hybridized carbons (Fsp3) is 0.231. The molecule has 0 fully saturated rings. The maximum absolute atomic E-state index is 12.3. The second-order valence-corrected chi connectivity index (χ2v) is 4.74. The van der Waals surface area contributed by atoms with Crippen LogP contribution in [0.5, 0.6) is 0 Å². The molecular formula is C13H12N3O4+. The lowest BCUT2D eigenvalue weighted by atomic mass is 10.1. The summed E-state index contributed by atoms with van der Waals surface area (Å²) >= 11 is 0. The number of hydrogen-bond donors (Lipinski definition) is 3. The number of benzene rings is 1. The van der Waals surface area contributed by atoms with Gasteiger partial charge in [-0.2, -0.15) is 0 Å². The van der Waals surface area contributed by atoms with Gasteiger partial charge in [-0.1, -0.05) is 6.07 Å². The number of hydrogen-bond acceptors (Lipinski definition) is 4. The topological polar surface area (TPSA) is 115 Å². The highest BCUT2D eigenvalue weighted by Crippen LogP contribution is 2.30. The molecule has 102 valence electrons. The van der Waals surface area contributed by atoms with E-state index >= 15 is 0 Å². The Hall–Kier alpha value is -2.70. The molecule has 0 saturated carbocycles. The van der Waals surface area contributed by atoms with E-state index in [2.05, 4.69) is 4.99 Å². The summed E-state index contributed by atoms with van der Waals surface area (Å²) in [5.74, 6) is -1.77. The quantitative estimate of drug-likeness (QED) is 0.430. The van der Waals surface area contributed by atoms with Crippen molar-refractivity contribution in [3.05, 3.63) is 29.3 Å². The minimum atomic E-state index is -0.848. The Bertz CT molecular complexity index is 680. The van der Waals surface area contributed by atoms with Gasteiger partial charge in [-0.3, -0.25) is 14.5 Å². The first-order valence-electron chi connectivity index (χ1n) is 6.12. The van der Waals surface area contributed by atoms with E-state index in [9.17, 15) is 19.5 Å². The van der Waals surface area contributed by atoms with Crippen LogP contribution in [-0.2, 0) is 4.79 Å². The first kappa shape index (κ1) is 12.3. The largest absolute Gasteiger partial charge is 0.462 e. The van der Waals surface area contributed by atoms with Gasteiger partial charge in [0.05, 0.1) is 17.5 Å². The van der Waals surface area contributed by atoms with Crippen LogP contribution in [0.25, 0.3) is 0 Å². The van der Waals surface area contributed by atoms with Crippen molar-refractivity contribution in [2.45, 2.75) is 18.9 Å². The molecule has 0 aromatic heterocycles. The second kappa shape index (κ2) is 4.16. The Labute approximate surface area is 113 Å². The minimum absolute atomic E-state index is 0.137. The van der Waals surface area contributed by atoms with Crippen molar-refractivity contribution in [2.75, 3.05) is 5.73 Å². The Kier molecular flexibility index (Phi) is 2.56. The van der Waals surface area contributed by atoms with Gasteiger partial charge in [-0.05, 0) is 18.6 Å². The molecule has 20 heavy (non-hydrogen) atoms. The van der Waals surface area contributed by atoms with E-state index in [-0.39, 0.29) is 41.5 Å². The molecule has 0 aliphatic carbocycles. The summed E-state index contributed by atoms with van der Waals surface area (Å²) in [7, 11) is 0. The number of nitrogens with two attached hydrogens (primary N) is 1. The molecule has 1 atom stereocenters. The number of fused-ring (bicyclic) bond motifs is 1. The highest BCUT2D eigenvalue weighted by Gasteiger charge is 2.46. The van der Waals surface area contributed by atoms with Crippen molar-refractivity contribution >= 4 is 29.3 Å². The maximum Gasteiger partial charge on any atom is 0.388 e. The predicted molar refractivity (Wildman–Crippen MR) is 68.0 cm³/mol. The van der Waals surface area contributed by atoms with Crippen LogP contribution in [0.2, 0.25) is 0 Å². The van der Waals surface area contributed by atoms with Gasteiger partial charge in [-0.25, -0.2) is 4.79 Å². The number of rotatable bonds is 1. The zero-order valence-corrected chi connectivity index (χ0v) is 10.4. The lowest BCUT2D eigenvalue weighted by Gasteiger charge is -2.22. The molecule has 2 aliphatic heterocycles. The molecule has 0 spiro atoms. The zero-order chi connectivity index (χ0) is 14.4. The number of aliphatic hydroxyl groups is 1. The van der Waals surface area contributed by atoms with E-state index in [1.165, 1.54) is 6.07 Å². The average molecular weight is 274 g/mol. The normalized spacial score (nSPS) is 22.0. The Morgan fingerprint density at radius 1 is 1.25 bits per heavy atom. The van der Waals surface area contributed by atoms with Crippen LogP contribution < -0.4 is 10.7 Å². The van der Waals surface area contributed by atoms with Crippen molar-refractivity contribution in [2.24, 2.45) is 0 Å². The summed E-state index contributed by atoms with van der Waals surface area (Å²) in [6.07, 6.45) is 0.334. The van der Waals surface area contributed by atoms with Crippen molar-refractivity contribution in [1.82, 2.24) is 4.90 Å². The third-order valence-corrected chi connectivity index (χ3v) is 3.52. The van der Waals surface area contributed by atoms with E-state index in [1.807, 2.05) is 0 Å². The molecule has 2 heterocycles. The van der Waals surface area contributed by atoms with Crippen LogP contribution in [-0.4, -0.2) is 39.7 Å². The molecule has 7 heteroatoms. The van der Waals surface area contributed by atoms with Crippen LogP contribution in [0.1, 0.15) is 33.6 Å². The molecule has 3 amide bonds. The van der Waals surface area contributed by atoms with Gasteiger partial charge >= 0.3 is 11.8 Å². The van der Waals surface area contributed by atoms with Gasteiger partial charge in [0.1, 0.15) is 0 Å². The molecule has 7 nitrogen and oxygen atoms in total. The third kappa shape index (κ3) is 1.59. The van der Waals surface area contributed by atoms with E-state index in [0.717, 1.165) is 4.90 Å². The van der Waals surface area contributed by atoms with Crippen LogP contribution in [0.15, 0.2) is 18.2 Å². The van der Waals surface area contributed by atoms with Gasteiger partial charge in [0.25, 0.3) is 11.8 Å². The molecule has 1 unspecified atom stereocenters. The number of carbonyl (C=O) groups excluding carboxylic acids is 3. The molecule has 2 aliphatic rings. The number of aliphatic hydroxyl groups excluding tert-OH is 1. The lowest BCUT2D eigenvalue weighted by molar-refractivity contribution is -0.394. The summed E-state index contributed by atoms with van der Waals surface area (Å²) in [5.41, 5.74) is 6.34. The van der Waals surface area contributed by atoms with Crippen LogP contribution in [0.4, 0.5) is 5.69 Å². The van der Waals surface area contributed by atoms with E-state index in [4.69, 9.17) is 5.73 Å².